The van der Waals surface area contributed by atoms with Crippen LogP contribution in [0.2, 0.25) is 0 Å². The van der Waals surface area contributed by atoms with E-state index in [1.165, 1.54) is 0 Å². The van der Waals surface area contributed by atoms with Crippen LogP contribution >= 0.6 is 0 Å². The van der Waals surface area contributed by atoms with Crippen molar-refractivity contribution in [3.8, 4) is 0 Å². The fraction of sp³-hybridized carbons (Fsp3) is 0.600. The third kappa shape index (κ3) is 3.39. The molecule has 0 amide bonds. The maximum Gasteiger partial charge on any atom is 0.242 e. The molecular formula is C15H25N3O2S. The molecule has 1 aliphatic rings. The molecule has 1 aliphatic carbocycles. The number of hydrogen-bond donors (Lipinski definition) is 2. The Morgan fingerprint density at radius 1 is 1.33 bits per heavy atom. The number of nitrogens with zero attached hydrogens (tertiary/aromatic N) is 1. The quantitative estimate of drug-likeness (QED) is 0.836. The van der Waals surface area contributed by atoms with Gasteiger partial charge in [-0.05, 0) is 37.4 Å². The largest absolute Gasteiger partial charge is 0.370 e. The first-order valence-corrected chi connectivity index (χ1v) is 9.01. The topological polar surface area (TPSA) is 75.4 Å². The molecule has 0 aliphatic heterocycles. The molecule has 0 bridgehead atoms. The number of benzene rings is 1. The Morgan fingerprint density at radius 3 is 2.71 bits per heavy atom. The predicted octanol–water partition coefficient (Wildman–Crippen LogP) is 1.55. The van der Waals surface area contributed by atoms with Crippen LogP contribution in [0.3, 0.4) is 0 Å². The molecule has 0 aromatic heterocycles. The third-order valence-electron chi connectivity index (χ3n) is 4.29. The normalized spacial score (nSPS) is 22.4. The number of hydrogen-bond acceptors (Lipinski definition) is 4. The lowest BCUT2D eigenvalue weighted by atomic mass is 10.0. The molecule has 0 heterocycles. The van der Waals surface area contributed by atoms with Crippen LogP contribution < -0.4 is 15.4 Å². The molecule has 2 rings (SSSR count). The zero-order valence-electron chi connectivity index (χ0n) is 12.7. The Kier molecular flexibility index (Phi) is 5.24. The molecular weight excluding hydrogens is 286 g/mol. The van der Waals surface area contributed by atoms with E-state index in [1.54, 1.807) is 19.1 Å². The standard InChI is InChI=1S/C15H25N3O2S/c1-3-17-21(19,20)15-10-5-4-8-14(15)18(2)13-9-6-7-12(13)11-16/h4-5,8,10,12-13,17H,3,6-7,9,11,16H2,1-2H3. The van der Waals surface area contributed by atoms with Crippen molar-refractivity contribution in [2.24, 2.45) is 11.7 Å². The van der Waals surface area contributed by atoms with Gasteiger partial charge in [0.1, 0.15) is 4.90 Å². The molecule has 118 valence electrons. The summed E-state index contributed by atoms with van der Waals surface area (Å²) in [7, 11) is -1.49. The molecule has 6 heteroatoms. The summed E-state index contributed by atoms with van der Waals surface area (Å²) in [6, 6.07) is 7.49. The summed E-state index contributed by atoms with van der Waals surface area (Å²) < 4.78 is 27.3. The van der Waals surface area contributed by atoms with Gasteiger partial charge in [0.05, 0.1) is 5.69 Å². The number of nitrogens with one attached hydrogen (secondary N) is 1. The van der Waals surface area contributed by atoms with Gasteiger partial charge in [0.2, 0.25) is 10.0 Å². The van der Waals surface area contributed by atoms with E-state index >= 15 is 0 Å². The molecule has 2 atom stereocenters. The zero-order chi connectivity index (χ0) is 15.5. The van der Waals surface area contributed by atoms with Crippen molar-refractivity contribution in [1.82, 2.24) is 4.72 Å². The molecule has 1 fully saturated rings. The highest BCUT2D eigenvalue weighted by molar-refractivity contribution is 7.89. The molecule has 1 aromatic rings. The molecule has 0 radical (unpaired) electrons. The summed E-state index contributed by atoms with van der Waals surface area (Å²) in [5.41, 5.74) is 6.61. The maximum atomic E-state index is 12.4. The van der Waals surface area contributed by atoms with Crippen LogP contribution in [0.1, 0.15) is 26.2 Å². The van der Waals surface area contributed by atoms with E-state index in [4.69, 9.17) is 5.73 Å². The first kappa shape index (κ1) is 16.3. The van der Waals surface area contributed by atoms with Crippen LogP contribution in [0.25, 0.3) is 0 Å². The summed E-state index contributed by atoms with van der Waals surface area (Å²) in [6.07, 6.45) is 3.33. The Bertz CT molecular complexity index is 574. The van der Waals surface area contributed by atoms with Crippen molar-refractivity contribution in [1.29, 1.82) is 0 Å². The second kappa shape index (κ2) is 6.77. The Labute approximate surface area is 127 Å². The lowest BCUT2D eigenvalue weighted by Crippen LogP contribution is -2.39. The Balaban J connectivity index is 2.36. The van der Waals surface area contributed by atoms with Crippen LogP contribution in [-0.4, -0.2) is 34.6 Å². The number of para-hydroxylation sites is 1. The van der Waals surface area contributed by atoms with Crippen LogP contribution in [-0.2, 0) is 10.0 Å². The predicted molar refractivity (Wildman–Crippen MR) is 85.9 cm³/mol. The number of anilines is 1. The molecule has 5 nitrogen and oxygen atoms in total. The van der Waals surface area contributed by atoms with Crippen LogP contribution in [0.15, 0.2) is 29.2 Å². The van der Waals surface area contributed by atoms with Gasteiger partial charge in [-0.1, -0.05) is 25.5 Å². The number of rotatable bonds is 6. The molecule has 21 heavy (non-hydrogen) atoms. The van der Waals surface area contributed by atoms with E-state index in [0.29, 0.717) is 29.9 Å². The van der Waals surface area contributed by atoms with Gasteiger partial charge in [-0.3, -0.25) is 0 Å². The smallest absolute Gasteiger partial charge is 0.242 e. The van der Waals surface area contributed by atoms with Gasteiger partial charge < -0.3 is 10.6 Å². The second-order valence-electron chi connectivity index (χ2n) is 5.57. The van der Waals surface area contributed by atoms with Crippen molar-refractivity contribution < 1.29 is 8.42 Å². The van der Waals surface area contributed by atoms with Crippen molar-refractivity contribution >= 4 is 15.7 Å². The van der Waals surface area contributed by atoms with Gasteiger partial charge in [-0.2, -0.15) is 0 Å². The number of sulfonamides is 1. The summed E-state index contributed by atoms with van der Waals surface area (Å²) in [4.78, 5) is 2.44. The van der Waals surface area contributed by atoms with E-state index in [9.17, 15) is 8.42 Å². The van der Waals surface area contributed by atoms with Gasteiger partial charge in [-0.25, -0.2) is 13.1 Å². The van der Waals surface area contributed by atoms with Gasteiger partial charge in [0, 0.05) is 19.6 Å². The average molecular weight is 311 g/mol. The van der Waals surface area contributed by atoms with Crippen molar-refractivity contribution in [3.63, 3.8) is 0 Å². The van der Waals surface area contributed by atoms with Crippen LogP contribution in [0.4, 0.5) is 5.69 Å². The van der Waals surface area contributed by atoms with E-state index in [2.05, 4.69) is 9.62 Å². The fourth-order valence-electron chi connectivity index (χ4n) is 3.22. The molecule has 1 aromatic carbocycles. The van der Waals surface area contributed by atoms with E-state index in [0.717, 1.165) is 24.9 Å². The Morgan fingerprint density at radius 2 is 2.05 bits per heavy atom. The summed E-state index contributed by atoms with van der Waals surface area (Å²) >= 11 is 0. The summed E-state index contributed by atoms with van der Waals surface area (Å²) in [5, 5.41) is 0. The van der Waals surface area contributed by atoms with Gasteiger partial charge in [0.15, 0.2) is 0 Å². The fourth-order valence-corrected chi connectivity index (χ4v) is 4.50. The van der Waals surface area contributed by atoms with Gasteiger partial charge in [-0.15, -0.1) is 0 Å². The maximum absolute atomic E-state index is 12.4. The van der Waals surface area contributed by atoms with E-state index in [-0.39, 0.29) is 0 Å². The average Bonchev–Trinajstić information content (AvgIpc) is 2.95. The summed E-state index contributed by atoms with van der Waals surface area (Å²) in [5.74, 6) is 0.435. The van der Waals surface area contributed by atoms with E-state index < -0.39 is 10.0 Å². The second-order valence-corrected chi connectivity index (χ2v) is 7.31. The third-order valence-corrected chi connectivity index (χ3v) is 5.88. The van der Waals surface area contributed by atoms with Crippen molar-refractivity contribution in [3.05, 3.63) is 24.3 Å². The molecule has 0 saturated heterocycles. The first-order valence-electron chi connectivity index (χ1n) is 7.52. The first-order chi connectivity index (χ1) is 10.0. The highest BCUT2D eigenvalue weighted by atomic mass is 32.2. The highest BCUT2D eigenvalue weighted by Gasteiger charge is 2.31. The van der Waals surface area contributed by atoms with Crippen LogP contribution in [0.5, 0.6) is 0 Å². The Hall–Kier alpha value is -1.11. The molecule has 0 spiro atoms. The van der Waals surface area contributed by atoms with Crippen molar-refractivity contribution in [2.45, 2.75) is 37.1 Å². The lowest BCUT2D eigenvalue weighted by Gasteiger charge is -2.32. The highest BCUT2D eigenvalue weighted by Crippen LogP contribution is 2.34. The van der Waals surface area contributed by atoms with Crippen molar-refractivity contribution in [2.75, 3.05) is 25.0 Å². The van der Waals surface area contributed by atoms with Gasteiger partial charge in [0.25, 0.3) is 0 Å². The molecule has 3 N–H and O–H groups in total. The molecule has 2 unspecified atom stereocenters. The minimum atomic E-state index is -3.46. The van der Waals surface area contributed by atoms with Gasteiger partial charge >= 0.3 is 0 Å². The minimum absolute atomic E-state index is 0.313. The van der Waals surface area contributed by atoms with Crippen LogP contribution in [0, 0.1) is 5.92 Å². The number of nitrogens with two attached hydrogens (primary N) is 1. The summed E-state index contributed by atoms with van der Waals surface area (Å²) in [6.45, 7) is 2.82. The molecule has 1 saturated carbocycles. The minimum Gasteiger partial charge on any atom is -0.370 e. The SMILES string of the molecule is CCNS(=O)(=O)c1ccccc1N(C)C1CCCC1CN. The monoisotopic (exact) mass is 311 g/mol. The lowest BCUT2D eigenvalue weighted by molar-refractivity contribution is 0.472. The zero-order valence-corrected chi connectivity index (χ0v) is 13.6. The van der Waals surface area contributed by atoms with E-state index in [1.807, 2.05) is 19.2 Å².